The van der Waals surface area contributed by atoms with Crippen molar-refractivity contribution in [2.45, 2.75) is 10.9 Å². The van der Waals surface area contributed by atoms with Gasteiger partial charge in [0, 0.05) is 32.4 Å². The van der Waals surface area contributed by atoms with Crippen LogP contribution in [-0.4, -0.2) is 44.5 Å². The molecule has 150 valence electrons. The van der Waals surface area contributed by atoms with Gasteiger partial charge in [0.15, 0.2) is 0 Å². The number of rotatable bonds is 5. The van der Waals surface area contributed by atoms with Crippen molar-refractivity contribution in [2.75, 3.05) is 31.1 Å². The van der Waals surface area contributed by atoms with E-state index in [0.717, 1.165) is 13.1 Å². The second kappa shape index (κ2) is 8.32. The maximum absolute atomic E-state index is 11.9. The van der Waals surface area contributed by atoms with E-state index in [4.69, 9.17) is 5.14 Å². The maximum Gasteiger partial charge on any atom is 0.241 e. The summed E-state index contributed by atoms with van der Waals surface area (Å²) >= 11 is 0. The third-order valence-electron chi connectivity index (χ3n) is 5.27. The molecule has 2 heterocycles. The van der Waals surface area contributed by atoms with Crippen LogP contribution in [0, 0.1) is 0 Å². The van der Waals surface area contributed by atoms with Gasteiger partial charge >= 0.3 is 0 Å². The quantitative estimate of drug-likeness (QED) is 0.702. The number of piperazine rings is 1. The molecule has 4 rings (SSSR count). The SMILES string of the molecule is NS(=O)(=O)c1cccnc1N1CCN(C(c2ccccc2)c2ccccc2)CC1. The van der Waals surface area contributed by atoms with Crippen LogP contribution in [0.15, 0.2) is 83.9 Å². The zero-order valence-electron chi connectivity index (χ0n) is 16.1. The molecule has 3 aromatic rings. The standard InChI is InChI=1S/C22H24N4O2S/c23-29(27,28)20-12-7-13-24-22(20)26-16-14-25(15-17-26)21(18-8-3-1-4-9-18)19-10-5-2-6-11-19/h1-13,21H,14-17H2,(H2,23,27,28). The Morgan fingerprint density at radius 2 is 1.34 bits per heavy atom. The average Bonchev–Trinajstić information content (AvgIpc) is 2.75. The van der Waals surface area contributed by atoms with Crippen LogP contribution < -0.4 is 10.0 Å². The molecule has 0 spiro atoms. The molecule has 6 nitrogen and oxygen atoms in total. The van der Waals surface area contributed by atoms with Gasteiger partial charge in [-0.3, -0.25) is 4.90 Å². The van der Waals surface area contributed by atoms with E-state index in [1.807, 2.05) is 17.0 Å². The number of hydrogen-bond donors (Lipinski definition) is 1. The number of benzene rings is 2. The van der Waals surface area contributed by atoms with Crippen LogP contribution in [0.5, 0.6) is 0 Å². The van der Waals surface area contributed by atoms with Gasteiger partial charge < -0.3 is 4.90 Å². The molecular weight excluding hydrogens is 384 g/mol. The Morgan fingerprint density at radius 1 is 0.793 bits per heavy atom. The van der Waals surface area contributed by atoms with E-state index in [1.54, 1.807) is 12.3 Å². The number of sulfonamides is 1. The van der Waals surface area contributed by atoms with Crippen LogP contribution in [0.1, 0.15) is 17.2 Å². The van der Waals surface area contributed by atoms with Crippen molar-refractivity contribution in [3.8, 4) is 0 Å². The molecule has 1 saturated heterocycles. The molecule has 7 heteroatoms. The topological polar surface area (TPSA) is 79.5 Å². The second-order valence-electron chi connectivity index (χ2n) is 7.12. The van der Waals surface area contributed by atoms with Crippen LogP contribution in [0.4, 0.5) is 5.82 Å². The Kier molecular flexibility index (Phi) is 5.62. The fourth-order valence-electron chi connectivity index (χ4n) is 3.92. The highest BCUT2D eigenvalue weighted by atomic mass is 32.2. The highest BCUT2D eigenvalue weighted by Gasteiger charge is 2.28. The van der Waals surface area contributed by atoms with E-state index >= 15 is 0 Å². The minimum Gasteiger partial charge on any atom is -0.353 e. The molecule has 0 amide bonds. The summed E-state index contributed by atoms with van der Waals surface area (Å²) < 4.78 is 23.9. The summed E-state index contributed by atoms with van der Waals surface area (Å²) in [6, 6.07) is 24.2. The number of aromatic nitrogens is 1. The van der Waals surface area contributed by atoms with Crippen molar-refractivity contribution in [3.63, 3.8) is 0 Å². The summed E-state index contributed by atoms with van der Waals surface area (Å²) in [4.78, 5) is 8.82. The number of nitrogens with zero attached hydrogens (tertiary/aromatic N) is 3. The first kappa shape index (κ1) is 19.6. The van der Waals surface area contributed by atoms with Gasteiger partial charge in [0.25, 0.3) is 0 Å². The molecule has 1 aliphatic rings. The predicted molar refractivity (Wildman–Crippen MR) is 114 cm³/mol. The third kappa shape index (κ3) is 4.32. The molecule has 1 aromatic heterocycles. The number of pyridine rings is 1. The smallest absolute Gasteiger partial charge is 0.241 e. The van der Waals surface area contributed by atoms with Crippen molar-refractivity contribution in [1.29, 1.82) is 0 Å². The lowest BCUT2D eigenvalue weighted by Gasteiger charge is -2.40. The molecule has 0 saturated carbocycles. The minimum absolute atomic E-state index is 0.0797. The van der Waals surface area contributed by atoms with Gasteiger partial charge in [0.1, 0.15) is 10.7 Å². The summed E-state index contributed by atoms with van der Waals surface area (Å²) in [5.41, 5.74) is 2.49. The lowest BCUT2D eigenvalue weighted by Crippen LogP contribution is -2.48. The Morgan fingerprint density at radius 3 is 1.86 bits per heavy atom. The number of hydrogen-bond acceptors (Lipinski definition) is 5. The van der Waals surface area contributed by atoms with Crippen LogP contribution in [0.25, 0.3) is 0 Å². The van der Waals surface area contributed by atoms with E-state index in [2.05, 4.69) is 58.4 Å². The highest BCUT2D eigenvalue weighted by Crippen LogP contribution is 2.31. The lowest BCUT2D eigenvalue weighted by molar-refractivity contribution is 0.211. The molecule has 1 aliphatic heterocycles. The van der Waals surface area contributed by atoms with Gasteiger partial charge in [-0.2, -0.15) is 0 Å². The first-order valence-electron chi connectivity index (χ1n) is 9.61. The monoisotopic (exact) mass is 408 g/mol. The summed E-state index contributed by atoms with van der Waals surface area (Å²) in [6.07, 6.45) is 1.60. The molecule has 29 heavy (non-hydrogen) atoms. The van der Waals surface area contributed by atoms with Gasteiger partial charge in [-0.1, -0.05) is 60.7 Å². The number of primary sulfonamides is 1. The van der Waals surface area contributed by atoms with Gasteiger partial charge in [-0.25, -0.2) is 18.5 Å². The van der Waals surface area contributed by atoms with E-state index in [0.29, 0.717) is 18.9 Å². The zero-order valence-corrected chi connectivity index (χ0v) is 16.9. The largest absolute Gasteiger partial charge is 0.353 e. The molecule has 0 aliphatic carbocycles. The Balaban J connectivity index is 1.58. The average molecular weight is 409 g/mol. The van der Waals surface area contributed by atoms with Crippen molar-refractivity contribution in [2.24, 2.45) is 5.14 Å². The van der Waals surface area contributed by atoms with Crippen molar-refractivity contribution in [3.05, 3.63) is 90.1 Å². The molecule has 2 N–H and O–H groups in total. The third-order valence-corrected chi connectivity index (χ3v) is 6.20. The molecule has 0 atom stereocenters. The fourth-order valence-corrected chi connectivity index (χ4v) is 4.62. The molecule has 1 fully saturated rings. The first-order chi connectivity index (χ1) is 14.0. The molecular formula is C22H24N4O2S. The van der Waals surface area contributed by atoms with Gasteiger partial charge in [0.2, 0.25) is 10.0 Å². The summed E-state index contributed by atoms with van der Waals surface area (Å²) in [6.45, 7) is 2.93. The normalized spacial score (nSPS) is 15.6. The minimum atomic E-state index is -3.82. The molecule has 0 unspecified atom stereocenters. The van der Waals surface area contributed by atoms with E-state index in [9.17, 15) is 8.42 Å². The second-order valence-corrected chi connectivity index (χ2v) is 8.65. The van der Waals surface area contributed by atoms with E-state index in [1.165, 1.54) is 17.2 Å². The number of nitrogens with two attached hydrogens (primary N) is 1. The fraction of sp³-hybridized carbons (Fsp3) is 0.227. The molecule has 0 bridgehead atoms. The Labute approximate surface area is 171 Å². The van der Waals surface area contributed by atoms with Gasteiger partial charge in [0.05, 0.1) is 6.04 Å². The summed E-state index contributed by atoms with van der Waals surface area (Å²) in [5.74, 6) is 0.436. The zero-order chi connectivity index (χ0) is 20.3. The Bertz CT molecular complexity index is 1010. The van der Waals surface area contributed by atoms with Crippen LogP contribution in [0.3, 0.4) is 0 Å². The first-order valence-corrected chi connectivity index (χ1v) is 11.2. The predicted octanol–water partition coefficient (Wildman–Crippen LogP) is 2.64. The maximum atomic E-state index is 11.9. The lowest BCUT2D eigenvalue weighted by atomic mass is 9.96. The highest BCUT2D eigenvalue weighted by molar-refractivity contribution is 7.89. The van der Waals surface area contributed by atoms with E-state index < -0.39 is 10.0 Å². The van der Waals surface area contributed by atoms with Crippen LogP contribution in [0.2, 0.25) is 0 Å². The summed E-state index contributed by atoms with van der Waals surface area (Å²) in [5, 5.41) is 5.39. The van der Waals surface area contributed by atoms with Gasteiger partial charge in [-0.15, -0.1) is 0 Å². The van der Waals surface area contributed by atoms with Crippen LogP contribution >= 0.6 is 0 Å². The van der Waals surface area contributed by atoms with Crippen LogP contribution in [-0.2, 0) is 10.0 Å². The molecule has 0 radical (unpaired) electrons. The van der Waals surface area contributed by atoms with Crippen molar-refractivity contribution >= 4 is 15.8 Å². The Hall–Kier alpha value is -2.74. The molecule has 2 aromatic carbocycles. The summed E-state index contributed by atoms with van der Waals surface area (Å²) in [7, 11) is -3.82. The number of anilines is 1. The van der Waals surface area contributed by atoms with Crippen molar-refractivity contribution < 1.29 is 8.42 Å². The van der Waals surface area contributed by atoms with Gasteiger partial charge in [-0.05, 0) is 23.3 Å². The van der Waals surface area contributed by atoms with E-state index in [-0.39, 0.29) is 10.9 Å². The van der Waals surface area contributed by atoms with Crippen molar-refractivity contribution in [1.82, 2.24) is 9.88 Å².